The Morgan fingerprint density at radius 3 is 2.35 bits per heavy atom. The number of thiocarbonyl (C=S) groups is 1. The van der Waals surface area contributed by atoms with Gasteiger partial charge in [-0.3, -0.25) is 10.1 Å². The summed E-state index contributed by atoms with van der Waals surface area (Å²) >= 11 is 8.80. The maximum atomic E-state index is 12.7. The normalized spacial score (nSPS) is 10.5. The first-order valence-corrected chi connectivity index (χ1v) is 12.1. The lowest BCUT2D eigenvalue weighted by Gasteiger charge is -2.15. The van der Waals surface area contributed by atoms with Crippen LogP contribution in [0.2, 0.25) is 0 Å². The zero-order valence-electron chi connectivity index (χ0n) is 19.0. The Balaban J connectivity index is 1.52. The molecule has 8 heteroatoms. The Hall–Kier alpha value is -3.10. The van der Waals surface area contributed by atoms with Crippen LogP contribution in [0, 0.1) is 5.92 Å². The molecule has 3 aromatic carbocycles. The highest BCUT2D eigenvalue weighted by molar-refractivity contribution is 9.10. The van der Waals surface area contributed by atoms with E-state index in [1.54, 1.807) is 18.2 Å². The lowest BCUT2D eigenvalue weighted by molar-refractivity contribution is 0.0977. The molecule has 0 aliphatic carbocycles. The van der Waals surface area contributed by atoms with Gasteiger partial charge in [0.15, 0.2) is 5.11 Å². The van der Waals surface area contributed by atoms with Crippen LogP contribution in [0.4, 0.5) is 5.69 Å². The Labute approximate surface area is 213 Å². The third-order valence-corrected chi connectivity index (χ3v) is 5.31. The molecule has 0 bridgehead atoms. The minimum absolute atomic E-state index is 0.165. The van der Waals surface area contributed by atoms with Gasteiger partial charge in [-0.25, -0.2) is 0 Å². The number of carbonyl (C=O) groups excluding carboxylic acids is 1. The number of hydrogen-bond acceptors (Lipinski definition) is 5. The summed E-state index contributed by atoms with van der Waals surface area (Å²) in [5, 5.41) is 5.89. The second-order valence-corrected chi connectivity index (χ2v) is 9.03. The molecule has 0 aromatic heterocycles. The maximum absolute atomic E-state index is 12.7. The van der Waals surface area contributed by atoms with Crippen molar-refractivity contribution < 1.29 is 19.0 Å². The third-order valence-electron chi connectivity index (χ3n) is 4.48. The molecule has 3 rings (SSSR count). The number of ether oxygens (including phenoxy) is 3. The summed E-state index contributed by atoms with van der Waals surface area (Å²) < 4.78 is 17.9. The van der Waals surface area contributed by atoms with Crippen molar-refractivity contribution in [3.63, 3.8) is 0 Å². The molecule has 0 atom stereocenters. The van der Waals surface area contributed by atoms with Gasteiger partial charge in [0.05, 0.1) is 16.8 Å². The summed E-state index contributed by atoms with van der Waals surface area (Å²) in [5.74, 6) is 2.15. The summed E-state index contributed by atoms with van der Waals surface area (Å²) in [6, 6.07) is 22.1. The summed E-state index contributed by atoms with van der Waals surface area (Å²) in [4.78, 5) is 12.7. The Kier molecular flexibility index (Phi) is 9.73. The highest BCUT2D eigenvalue weighted by Gasteiger charge is 2.13. The average molecular weight is 543 g/mol. The van der Waals surface area contributed by atoms with E-state index in [-0.39, 0.29) is 11.0 Å². The van der Waals surface area contributed by atoms with E-state index in [1.807, 2.05) is 54.6 Å². The molecule has 0 fully saturated rings. The van der Waals surface area contributed by atoms with E-state index in [0.717, 1.165) is 5.75 Å². The molecule has 0 spiro atoms. The van der Waals surface area contributed by atoms with E-state index < -0.39 is 0 Å². The van der Waals surface area contributed by atoms with Crippen LogP contribution >= 0.6 is 28.1 Å². The van der Waals surface area contributed by atoms with Crippen LogP contribution in [0.3, 0.4) is 0 Å². The zero-order chi connectivity index (χ0) is 24.3. The number of nitrogens with one attached hydrogen (secondary N) is 2. The summed E-state index contributed by atoms with van der Waals surface area (Å²) in [6.45, 7) is 5.49. The number of halogens is 1. The quantitative estimate of drug-likeness (QED) is 0.239. The molecule has 6 nitrogen and oxygen atoms in total. The Morgan fingerprint density at radius 2 is 1.62 bits per heavy atom. The van der Waals surface area contributed by atoms with Crippen LogP contribution in [-0.2, 0) is 0 Å². The standard InChI is InChI=1S/C26H27BrN2O4S/c1-18(2)17-33-23-13-12-19(16-21(23)27)25(30)29-26(34)28-22-10-6-7-11-24(22)32-15-14-31-20-8-4-3-5-9-20/h3-13,16,18H,14-15,17H2,1-2H3,(H2,28,29,30,34). The number of para-hydroxylation sites is 3. The highest BCUT2D eigenvalue weighted by atomic mass is 79.9. The zero-order valence-corrected chi connectivity index (χ0v) is 21.4. The fourth-order valence-corrected chi connectivity index (χ4v) is 3.56. The molecular formula is C26H27BrN2O4S. The molecule has 0 saturated carbocycles. The second kappa shape index (κ2) is 13.0. The van der Waals surface area contributed by atoms with Gasteiger partial charge in [0, 0.05) is 5.56 Å². The van der Waals surface area contributed by atoms with Gasteiger partial charge in [-0.2, -0.15) is 0 Å². The predicted octanol–water partition coefficient (Wildman–Crippen LogP) is 6.07. The molecule has 0 heterocycles. The van der Waals surface area contributed by atoms with Crippen molar-refractivity contribution in [2.75, 3.05) is 25.1 Å². The summed E-state index contributed by atoms with van der Waals surface area (Å²) in [7, 11) is 0. The van der Waals surface area contributed by atoms with Crippen LogP contribution in [0.5, 0.6) is 17.2 Å². The fraction of sp³-hybridized carbons (Fsp3) is 0.231. The van der Waals surface area contributed by atoms with Gasteiger partial charge in [-0.1, -0.05) is 44.2 Å². The molecule has 3 aromatic rings. The van der Waals surface area contributed by atoms with E-state index in [2.05, 4.69) is 40.4 Å². The molecule has 0 unspecified atom stereocenters. The van der Waals surface area contributed by atoms with Gasteiger partial charge >= 0.3 is 0 Å². The minimum Gasteiger partial charge on any atom is -0.492 e. The Bertz CT molecular complexity index is 1110. The van der Waals surface area contributed by atoms with Crippen LogP contribution in [-0.4, -0.2) is 30.8 Å². The number of carbonyl (C=O) groups is 1. The minimum atomic E-state index is -0.330. The predicted molar refractivity (Wildman–Crippen MR) is 142 cm³/mol. The van der Waals surface area contributed by atoms with Crippen LogP contribution in [0.1, 0.15) is 24.2 Å². The lowest BCUT2D eigenvalue weighted by atomic mass is 10.2. The average Bonchev–Trinajstić information content (AvgIpc) is 2.82. The molecule has 0 aliphatic rings. The molecular weight excluding hydrogens is 516 g/mol. The van der Waals surface area contributed by atoms with Gasteiger partial charge in [0.2, 0.25) is 0 Å². The fourth-order valence-electron chi connectivity index (χ4n) is 2.87. The van der Waals surface area contributed by atoms with Gasteiger partial charge in [-0.05, 0) is 76.5 Å². The van der Waals surface area contributed by atoms with Crippen molar-refractivity contribution >= 4 is 44.9 Å². The topological polar surface area (TPSA) is 68.8 Å². The molecule has 1 amide bonds. The first kappa shape index (κ1) is 25.5. The summed E-state index contributed by atoms with van der Waals surface area (Å²) in [5.41, 5.74) is 1.10. The van der Waals surface area contributed by atoms with Crippen LogP contribution in [0.25, 0.3) is 0 Å². The molecule has 2 N–H and O–H groups in total. The van der Waals surface area contributed by atoms with Crippen molar-refractivity contribution in [1.29, 1.82) is 0 Å². The lowest BCUT2D eigenvalue weighted by Crippen LogP contribution is -2.34. The SMILES string of the molecule is CC(C)COc1ccc(C(=O)NC(=S)Nc2ccccc2OCCOc2ccccc2)cc1Br. The molecule has 0 saturated heterocycles. The van der Waals surface area contributed by atoms with E-state index in [1.165, 1.54) is 0 Å². The first-order chi connectivity index (χ1) is 16.4. The van der Waals surface area contributed by atoms with Crippen LogP contribution in [0.15, 0.2) is 77.3 Å². The number of rotatable bonds is 10. The number of benzene rings is 3. The molecule has 0 radical (unpaired) electrons. The number of hydrogen-bond donors (Lipinski definition) is 2. The summed E-state index contributed by atoms with van der Waals surface area (Å²) in [6.07, 6.45) is 0. The van der Waals surface area contributed by atoms with E-state index in [4.69, 9.17) is 26.4 Å². The largest absolute Gasteiger partial charge is 0.492 e. The maximum Gasteiger partial charge on any atom is 0.257 e. The van der Waals surface area contributed by atoms with Crippen molar-refractivity contribution in [3.05, 3.63) is 82.8 Å². The highest BCUT2D eigenvalue weighted by Crippen LogP contribution is 2.27. The van der Waals surface area contributed by atoms with E-state index in [0.29, 0.717) is 53.0 Å². The monoisotopic (exact) mass is 542 g/mol. The molecule has 34 heavy (non-hydrogen) atoms. The smallest absolute Gasteiger partial charge is 0.257 e. The van der Waals surface area contributed by atoms with Gasteiger partial charge in [0.25, 0.3) is 5.91 Å². The number of amides is 1. The second-order valence-electron chi connectivity index (χ2n) is 7.76. The van der Waals surface area contributed by atoms with Crippen molar-refractivity contribution in [3.8, 4) is 17.2 Å². The van der Waals surface area contributed by atoms with Gasteiger partial charge < -0.3 is 19.5 Å². The van der Waals surface area contributed by atoms with Gasteiger partial charge in [0.1, 0.15) is 30.5 Å². The van der Waals surface area contributed by atoms with E-state index >= 15 is 0 Å². The van der Waals surface area contributed by atoms with Crippen LogP contribution < -0.4 is 24.8 Å². The van der Waals surface area contributed by atoms with Crippen molar-refractivity contribution in [2.45, 2.75) is 13.8 Å². The number of anilines is 1. The molecule has 178 valence electrons. The van der Waals surface area contributed by atoms with Gasteiger partial charge in [-0.15, -0.1) is 0 Å². The Morgan fingerprint density at radius 1 is 0.912 bits per heavy atom. The van der Waals surface area contributed by atoms with Crippen molar-refractivity contribution in [2.24, 2.45) is 5.92 Å². The van der Waals surface area contributed by atoms with Crippen molar-refractivity contribution in [1.82, 2.24) is 5.32 Å². The van der Waals surface area contributed by atoms with E-state index in [9.17, 15) is 4.79 Å². The third kappa shape index (κ3) is 8.04. The molecule has 0 aliphatic heterocycles. The first-order valence-electron chi connectivity index (χ1n) is 10.9.